The van der Waals surface area contributed by atoms with Crippen molar-refractivity contribution in [3.05, 3.63) is 0 Å². The first-order valence-corrected chi connectivity index (χ1v) is 7.69. The molecule has 1 N–H and O–H groups in total. The topological polar surface area (TPSA) is 30.5 Å². The maximum Gasteiger partial charge on any atom is 0.0878 e. The van der Waals surface area contributed by atoms with Crippen LogP contribution in [0.1, 0.15) is 51.9 Å². The first-order valence-electron chi connectivity index (χ1n) is 7.69. The average Bonchev–Trinajstić information content (AvgIpc) is 2.90. The van der Waals surface area contributed by atoms with Crippen molar-refractivity contribution in [3.8, 4) is 0 Å². The summed E-state index contributed by atoms with van der Waals surface area (Å²) in [6.45, 7) is 4.62. The van der Waals surface area contributed by atoms with Gasteiger partial charge in [0.05, 0.1) is 5.60 Å². The van der Waals surface area contributed by atoms with Crippen LogP contribution in [0.5, 0.6) is 0 Å². The molecule has 2 rings (SSSR count). The Balaban J connectivity index is 2.00. The van der Waals surface area contributed by atoms with Crippen LogP contribution >= 0.6 is 0 Å². The predicted octanol–water partition coefficient (Wildman–Crippen LogP) is 2.74. The lowest BCUT2D eigenvalue weighted by molar-refractivity contribution is -0.128. The minimum Gasteiger partial charge on any atom is -0.381 e. The Labute approximate surface area is 112 Å². The summed E-state index contributed by atoms with van der Waals surface area (Å²) in [6, 6.07) is 0.490. The molecule has 0 bridgehead atoms. The Morgan fingerprint density at radius 3 is 2.50 bits per heavy atom. The molecule has 3 nitrogen and oxygen atoms in total. The van der Waals surface area contributed by atoms with Crippen molar-refractivity contribution in [2.24, 2.45) is 5.92 Å². The van der Waals surface area contributed by atoms with Crippen molar-refractivity contribution in [3.63, 3.8) is 0 Å². The van der Waals surface area contributed by atoms with Crippen LogP contribution in [0.15, 0.2) is 0 Å². The summed E-state index contributed by atoms with van der Waals surface area (Å²) < 4.78 is 11.7. The van der Waals surface area contributed by atoms with Gasteiger partial charge in [0.15, 0.2) is 0 Å². The van der Waals surface area contributed by atoms with Crippen LogP contribution in [0, 0.1) is 5.92 Å². The normalized spacial score (nSPS) is 26.3. The zero-order valence-corrected chi connectivity index (χ0v) is 12.0. The standard InChI is InChI=1S/C15H29NO2/c1-3-18-15(8-10-17-11-9-15)14(16-2)12-13-6-4-5-7-13/h13-14,16H,3-12H2,1-2H3. The molecule has 106 valence electrons. The van der Waals surface area contributed by atoms with Crippen LogP contribution in [-0.4, -0.2) is 38.5 Å². The molecular formula is C15H29NO2. The monoisotopic (exact) mass is 255 g/mol. The van der Waals surface area contributed by atoms with E-state index in [1.165, 1.54) is 32.1 Å². The highest BCUT2D eigenvalue weighted by Crippen LogP contribution is 2.36. The lowest BCUT2D eigenvalue weighted by Gasteiger charge is -2.44. The van der Waals surface area contributed by atoms with Gasteiger partial charge >= 0.3 is 0 Å². The van der Waals surface area contributed by atoms with Crippen LogP contribution < -0.4 is 5.32 Å². The van der Waals surface area contributed by atoms with E-state index < -0.39 is 0 Å². The van der Waals surface area contributed by atoms with Crippen molar-refractivity contribution in [2.45, 2.75) is 63.5 Å². The van der Waals surface area contributed by atoms with Gasteiger partial charge in [0.25, 0.3) is 0 Å². The van der Waals surface area contributed by atoms with E-state index in [4.69, 9.17) is 9.47 Å². The van der Waals surface area contributed by atoms with Gasteiger partial charge in [-0.05, 0) is 26.3 Å². The van der Waals surface area contributed by atoms with Crippen LogP contribution in [0.25, 0.3) is 0 Å². The molecule has 1 saturated carbocycles. The number of nitrogens with one attached hydrogen (secondary N) is 1. The summed E-state index contributed by atoms with van der Waals surface area (Å²) in [7, 11) is 2.09. The number of ether oxygens (including phenoxy) is 2. The fourth-order valence-electron chi connectivity index (χ4n) is 3.77. The third-order valence-electron chi connectivity index (χ3n) is 4.80. The van der Waals surface area contributed by atoms with E-state index in [0.717, 1.165) is 38.6 Å². The lowest BCUT2D eigenvalue weighted by Crippen LogP contribution is -2.55. The third-order valence-corrected chi connectivity index (χ3v) is 4.80. The lowest BCUT2D eigenvalue weighted by atomic mass is 9.80. The predicted molar refractivity (Wildman–Crippen MR) is 73.8 cm³/mol. The quantitative estimate of drug-likeness (QED) is 0.791. The summed E-state index contributed by atoms with van der Waals surface area (Å²) in [6.07, 6.45) is 9.03. The SMILES string of the molecule is CCOC1(C(CC2CCCC2)NC)CCOCC1. The van der Waals surface area contributed by atoms with E-state index in [9.17, 15) is 0 Å². The molecule has 1 unspecified atom stereocenters. The number of hydrogen-bond acceptors (Lipinski definition) is 3. The molecule has 0 amide bonds. The molecule has 1 aliphatic heterocycles. The second-order valence-corrected chi connectivity index (χ2v) is 5.84. The molecule has 0 radical (unpaired) electrons. The molecule has 3 heteroatoms. The van der Waals surface area contributed by atoms with Gasteiger partial charge in [-0.1, -0.05) is 25.7 Å². The Morgan fingerprint density at radius 2 is 1.94 bits per heavy atom. The summed E-state index contributed by atoms with van der Waals surface area (Å²) in [5, 5.41) is 3.54. The first kappa shape index (κ1) is 14.3. The average molecular weight is 255 g/mol. The van der Waals surface area contributed by atoms with E-state index >= 15 is 0 Å². The number of hydrogen-bond donors (Lipinski definition) is 1. The maximum atomic E-state index is 6.19. The van der Waals surface area contributed by atoms with Crippen LogP contribution in [0.4, 0.5) is 0 Å². The summed E-state index contributed by atoms with van der Waals surface area (Å²) in [5.74, 6) is 0.905. The van der Waals surface area contributed by atoms with E-state index in [1.54, 1.807) is 0 Å². The molecular weight excluding hydrogens is 226 g/mol. The van der Waals surface area contributed by atoms with Gasteiger partial charge in [-0.25, -0.2) is 0 Å². The maximum absolute atomic E-state index is 6.19. The Kier molecular flexibility index (Phi) is 5.46. The molecule has 1 heterocycles. The largest absolute Gasteiger partial charge is 0.381 e. The van der Waals surface area contributed by atoms with Gasteiger partial charge in [-0.2, -0.15) is 0 Å². The third kappa shape index (κ3) is 3.25. The Bertz CT molecular complexity index is 227. The van der Waals surface area contributed by atoms with Crippen molar-refractivity contribution in [1.82, 2.24) is 5.32 Å². The highest BCUT2D eigenvalue weighted by Gasteiger charge is 2.41. The van der Waals surface area contributed by atoms with E-state index in [-0.39, 0.29) is 5.60 Å². The summed E-state index contributed by atoms with van der Waals surface area (Å²) in [5.41, 5.74) is 0.0182. The number of rotatable bonds is 6. The minimum atomic E-state index is 0.0182. The van der Waals surface area contributed by atoms with Crippen LogP contribution in [0.3, 0.4) is 0 Å². The van der Waals surface area contributed by atoms with Crippen molar-refractivity contribution in [1.29, 1.82) is 0 Å². The Hall–Kier alpha value is -0.120. The first-order chi connectivity index (χ1) is 8.80. The van der Waals surface area contributed by atoms with Gasteiger partial charge in [0, 0.05) is 38.7 Å². The van der Waals surface area contributed by atoms with Crippen molar-refractivity contribution < 1.29 is 9.47 Å². The molecule has 18 heavy (non-hydrogen) atoms. The molecule has 1 aliphatic carbocycles. The summed E-state index contributed by atoms with van der Waals surface area (Å²) in [4.78, 5) is 0. The zero-order valence-electron chi connectivity index (χ0n) is 12.0. The highest BCUT2D eigenvalue weighted by molar-refractivity contribution is 4.96. The fraction of sp³-hybridized carbons (Fsp3) is 1.00. The molecule has 0 spiro atoms. The minimum absolute atomic E-state index is 0.0182. The van der Waals surface area contributed by atoms with Gasteiger partial charge in [0.2, 0.25) is 0 Å². The smallest absolute Gasteiger partial charge is 0.0878 e. The van der Waals surface area contributed by atoms with E-state index in [0.29, 0.717) is 6.04 Å². The highest BCUT2D eigenvalue weighted by atomic mass is 16.5. The van der Waals surface area contributed by atoms with Crippen molar-refractivity contribution in [2.75, 3.05) is 26.9 Å². The molecule has 2 fully saturated rings. The second-order valence-electron chi connectivity index (χ2n) is 5.84. The van der Waals surface area contributed by atoms with Crippen molar-refractivity contribution >= 4 is 0 Å². The summed E-state index contributed by atoms with van der Waals surface area (Å²) >= 11 is 0. The van der Waals surface area contributed by atoms with Gasteiger partial charge in [-0.15, -0.1) is 0 Å². The van der Waals surface area contributed by atoms with E-state index in [2.05, 4.69) is 19.3 Å². The molecule has 0 aromatic heterocycles. The molecule has 0 aromatic carbocycles. The van der Waals surface area contributed by atoms with Gasteiger partial charge < -0.3 is 14.8 Å². The van der Waals surface area contributed by atoms with Gasteiger partial charge in [-0.3, -0.25) is 0 Å². The van der Waals surface area contributed by atoms with E-state index in [1.807, 2.05) is 0 Å². The fourth-order valence-corrected chi connectivity index (χ4v) is 3.77. The second kappa shape index (κ2) is 6.88. The van der Waals surface area contributed by atoms with Gasteiger partial charge in [0.1, 0.15) is 0 Å². The Morgan fingerprint density at radius 1 is 1.28 bits per heavy atom. The number of likely N-dealkylation sites (N-methyl/N-ethyl adjacent to an activating group) is 1. The molecule has 1 atom stereocenters. The molecule has 1 saturated heterocycles. The molecule has 0 aromatic rings. The molecule has 2 aliphatic rings. The zero-order chi connectivity index (χ0) is 12.8. The van der Waals surface area contributed by atoms with Crippen LogP contribution in [0.2, 0.25) is 0 Å². The van der Waals surface area contributed by atoms with Crippen LogP contribution in [-0.2, 0) is 9.47 Å².